The predicted molar refractivity (Wildman–Crippen MR) is 84.8 cm³/mol. The lowest BCUT2D eigenvalue weighted by molar-refractivity contribution is 0.0915. The van der Waals surface area contributed by atoms with Crippen LogP contribution in [0, 0.1) is 5.92 Å². The number of nitrogens with zero attached hydrogens (tertiary/aromatic N) is 6. The molecule has 10 heteroatoms. The Kier molecular flexibility index (Phi) is 4.17. The van der Waals surface area contributed by atoms with Crippen LogP contribution in [0.4, 0.5) is 0 Å². The van der Waals surface area contributed by atoms with E-state index in [9.17, 15) is 4.79 Å². The molecular weight excluding hydrogens is 324 g/mol. The Morgan fingerprint density at radius 3 is 2.88 bits per heavy atom. The van der Waals surface area contributed by atoms with Gasteiger partial charge in [0.05, 0.1) is 19.3 Å². The van der Waals surface area contributed by atoms with E-state index in [1.165, 1.54) is 22.8 Å². The van der Waals surface area contributed by atoms with Gasteiger partial charge in [0, 0.05) is 18.3 Å². The fourth-order valence-electron chi connectivity index (χ4n) is 2.79. The van der Waals surface area contributed by atoms with Crippen LogP contribution < -0.4 is 5.32 Å². The van der Waals surface area contributed by atoms with Gasteiger partial charge in [0.15, 0.2) is 0 Å². The minimum atomic E-state index is -0.318. The molecule has 25 heavy (non-hydrogen) atoms. The highest BCUT2D eigenvalue weighted by molar-refractivity contribution is 5.90. The lowest BCUT2D eigenvalue weighted by atomic mass is 9.95. The van der Waals surface area contributed by atoms with Gasteiger partial charge in [-0.3, -0.25) is 19.4 Å². The monoisotopic (exact) mass is 340 g/mol. The molecule has 0 radical (unpaired) electrons. The van der Waals surface area contributed by atoms with E-state index in [2.05, 4.69) is 35.7 Å². The lowest BCUT2D eigenvalue weighted by Gasteiger charge is -2.18. The van der Waals surface area contributed by atoms with Gasteiger partial charge in [-0.25, -0.2) is 0 Å². The quantitative estimate of drug-likeness (QED) is 0.657. The van der Waals surface area contributed by atoms with Crippen LogP contribution >= 0.6 is 0 Å². The third-order valence-electron chi connectivity index (χ3n) is 4.10. The Bertz CT molecular complexity index is 832. The smallest absolute Gasteiger partial charge is 0.288 e. The van der Waals surface area contributed by atoms with E-state index in [-0.39, 0.29) is 23.7 Å². The minimum Gasteiger partial charge on any atom is -0.379 e. The van der Waals surface area contributed by atoms with Gasteiger partial charge >= 0.3 is 0 Å². The largest absolute Gasteiger partial charge is 0.379 e. The Morgan fingerprint density at radius 2 is 2.08 bits per heavy atom. The normalized spacial score (nSPS) is 19.8. The number of H-pyrrole nitrogens is 1. The van der Waals surface area contributed by atoms with Crippen molar-refractivity contribution in [1.29, 1.82) is 0 Å². The second-order valence-corrected chi connectivity index (χ2v) is 5.79. The van der Waals surface area contributed by atoms with Gasteiger partial charge in [0.25, 0.3) is 11.9 Å². The highest BCUT2D eigenvalue weighted by atomic mass is 16.5. The van der Waals surface area contributed by atoms with Crippen LogP contribution in [-0.2, 0) is 11.2 Å². The first-order valence-electron chi connectivity index (χ1n) is 7.84. The number of pyridine rings is 1. The first kappa shape index (κ1) is 15.4. The number of ether oxygens (including phenoxy) is 1. The van der Waals surface area contributed by atoms with E-state index in [1.807, 2.05) is 12.1 Å². The maximum Gasteiger partial charge on any atom is 0.288 e. The van der Waals surface area contributed by atoms with Gasteiger partial charge in [-0.1, -0.05) is 0 Å². The molecule has 0 spiro atoms. The van der Waals surface area contributed by atoms with Gasteiger partial charge < -0.3 is 10.1 Å². The van der Waals surface area contributed by atoms with E-state index >= 15 is 0 Å². The number of aromatic nitrogens is 7. The van der Waals surface area contributed by atoms with Gasteiger partial charge in [0.1, 0.15) is 12.7 Å². The Hall–Kier alpha value is -3.14. The van der Waals surface area contributed by atoms with Crippen molar-refractivity contribution in [2.75, 3.05) is 13.2 Å². The zero-order valence-electron chi connectivity index (χ0n) is 13.2. The number of hydrogen-bond donors (Lipinski definition) is 2. The third kappa shape index (κ3) is 3.38. The molecule has 0 bridgehead atoms. The van der Waals surface area contributed by atoms with Gasteiger partial charge in [-0.2, -0.15) is 4.98 Å². The number of carbonyl (C=O) groups is 1. The van der Waals surface area contributed by atoms with Crippen molar-refractivity contribution in [3.05, 3.63) is 48.6 Å². The number of hydrogen-bond acceptors (Lipinski definition) is 7. The van der Waals surface area contributed by atoms with E-state index in [1.54, 1.807) is 12.4 Å². The molecule has 4 rings (SSSR count). The second-order valence-electron chi connectivity index (χ2n) is 5.79. The number of rotatable bonds is 5. The minimum absolute atomic E-state index is 0.0795. The van der Waals surface area contributed by atoms with Crippen molar-refractivity contribution in [3.8, 4) is 5.95 Å². The number of amides is 1. The molecule has 0 aliphatic carbocycles. The van der Waals surface area contributed by atoms with Gasteiger partial charge in [-0.05, 0) is 24.1 Å². The van der Waals surface area contributed by atoms with Crippen molar-refractivity contribution in [1.82, 2.24) is 40.2 Å². The molecule has 0 saturated carbocycles. The van der Waals surface area contributed by atoms with Crippen LogP contribution in [0.25, 0.3) is 5.95 Å². The molecule has 128 valence electrons. The SMILES string of the molecule is O=C(N[C@H]1COC[C@H]1Cc1ccncc1)c1nc(-n2cnnc2)n[nH]1. The maximum atomic E-state index is 12.4. The summed E-state index contributed by atoms with van der Waals surface area (Å²) in [5, 5.41) is 17.0. The first-order chi connectivity index (χ1) is 12.3. The summed E-state index contributed by atoms with van der Waals surface area (Å²) >= 11 is 0. The highest BCUT2D eigenvalue weighted by Crippen LogP contribution is 2.19. The Morgan fingerprint density at radius 1 is 1.28 bits per heavy atom. The summed E-state index contributed by atoms with van der Waals surface area (Å²) in [5.41, 5.74) is 1.17. The summed E-state index contributed by atoms with van der Waals surface area (Å²) in [6, 6.07) is 3.86. The van der Waals surface area contributed by atoms with Crippen LogP contribution in [-0.4, -0.2) is 60.1 Å². The van der Waals surface area contributed by atoms with Crippen LogP contribution in [0.5, 0.6) is 0 Å². The average molecular weight is 340 g/mol. The Labute approximate surface area is 142 Å². The van der Waals surface area contributed by atoms with Crippen LogP contribution in [0.2, 0.25) is 0 Å². The predicted octanol–water partition coefficient (Wildman–Crippen LogP) is -0.232. The molecule has 0 aromatic carbocycles. The molecule has 1 amide bonds. The average Bonchev–Trinajstić information content (AvgIpc) is 3.38. The molecule has 2 N–H and O–H groups in total. The molecule has 1 fully saturated rings. The molecule has 3 aromatic heterocycles. The van der Waals surface area contributed by atoms with Crippen molar-refractivity contribution in [2.24, 2.45) is 5.92 Å². The van der Waals surface area contributed by atoms with E-state index in [0.717, 1.165) is 6.42 Å². The molecule has 1 saturated heterocycles. The molecule has 1 aliphatic rings. The van der Waals surface area contributed by atoms with Gasteiger partial charge in [-0.15, -0.1) is 15.3 Å². The summed E-state index contributed by atoms with van der Waals surface area (Å²) in [7, 11) is 0. The topological polar surface area (TPSA) is 124 Å². The molecule has 4 heterocycles. The fourth-order valence-corrected chi connectivity index (χ4v) is 2.79. The first-order valence-corrected chi connectivity index (χ1v) is 7.84. The standard InChI is InChI=1S/C15H16N8O2/c24-14(13-20-15(22-21-13)23-8-17-18-9-23)19-12-7-25-6-11(12)5-10-1-3-16-4-2-10/h1-4,8-9,11-12H,5-7H2,(H,19,24)(H,20,21,22)/t11-,12+/m1/s1. The fraction of sp³-hybridized carbons (Fsp3) is 0.333. The summed E-state index contributed by atoms with van der Waals surface area (Å²) < 4.78 is 7.06. The zero-order valence-corrected chi connectivity index (χ0v) is 13.2. The molecule has 1 aliphatic heterocycles. The summed E-state index contributed by atoms with van der Waals surface area (Å²) in [6.07, 6.45) is 7.26. The molecule has 3 aromatic rings. The van der Waals surface area contributed by atoms with Gasteiger partial charge in [0.2, 0.25) is 5.82 Å². The second kappa shape index (κ2) is 6.77. The number of carbonyl (C=O) groups excluding carboxylic acids is 1. The Balaban J connectivity index is 1.41. The maximum absolute atomic E-state index is 12.4. The molecule has 10 nitrogen and oxygen atoms in total. The van der Waals surface area contributed by atoms with E-state index in [4.69, 9.17) is 4.74 Å². The number of aromatic amines is 1. The molecule has 0 unspecified atom stereocenters. The zero-order chi connectivity index (χ0) is 17.1. The summed E-state index contributed by atoms with van der Waals surface area (Å²) in [5.74, 6) is 0.332. The van der Waals surface area contributed by atoms with Crippen LogP contribution in [0.3, 0.4) is 0 Å². The van der Waals surface area contributed by atoms with Crippen molar-refractivity contribution in [2.45, 2.75) is 12.5 Å². The molecular formula is C15H16N8O2. The third-order valence-corrected chi connectivity index (χ3v) is 4.10. The van der Waals surface area contributed by atoms with Crippen LogP contribution in [0.1, 0.15) is 16.2 Å². The summed E-state index contributed by atoms with van der Waals surface area (Å²) in [6.45, 7) is 1.09. The van der Waals surface area contributed by atoms with Crippen molar-refractivity contribution >= 4 is 5.91 Å². The van der Waals surface area contributed by atoms with Crippen molar-refractivity contribution in [3.63, 3.8) is 0 Å². The lowest BCUT2D eigenvalue weighted by Crippen LogP contribution is -2.41. The highest BCUT2D eigenvalue weighted by Gasteiger charge is 2.30. The van der Waals surface area contributed by atoms with Crippen LogP contribution in [0.15, 0.2) is 37.2 Å². The van der Waals surface area contributed by atoms with Crippen molar-refractivity contribution < 1.29 is 9.53 Å². The van der Waals surface area contributed by atoms with E-state index < -0.39 is 0 Å². The van der Waals surface area contributed by atoms with E-state index in [0.29, 0.717) is 19.2 Å². The summed E-state index contributed by atoms with van der Waals surface area (Å²) in [4.78, 5) is 20.6. The molecule has 2 atom stereocenters. The number of nitrogens with one attached hydrogen (secondary N) is 2.